The van der Waals surface area contributed by atoms with E-state index < -0.39 is 43.2 Å². The van der Waals surface area contributed by atoms with Crippen molar-refractivity contribution in [3.63, 3.8) is 0 Å². The van der Waals surface area contributed by atoms with Crippen molar-refractivity contribution in [2.24, 2.45) is 0 Å². The molecule has 0 saturated heterocycles. The van der Waals surface area contributed by atoms with Crippen LogP contribution in [0.5, 0.6) is 0 Å². The lowest BCUT2D eigenvalue weighted by Gasteiger charge is -2.20. The van der Waals surface area contributed by atoms with Gasteiger partial charge in [0.15, 0.2) is 0 Å². The molecule has 0 spiro atoms. The van der Waals surface area contributed by atoms with Gasteiger partial charge in [-0.3, -0.25) is 0 Å². The van der Waals surface area contributed by atoms with Crippen LogP contribution in [0.2, 0.25) is 0 Å². The quantitative estimate of drug-likeness (QED) is 0.626. The molecule has 0 aliphatic heterocycles. The van der Waals surface area contributed by atoms with Crippen LogP contribution >= 0.6 is 0 Å². The fourth-order valence-electron chi connectivity index (χ4n) is 2.54. The summed E-state index contributed by atoms with van der Waals surface area (Å²) in [5.74, 6) is 0. The van der Waals surface area contributed by atoms with Crippen molar-refractivity contribution in [1.82, 2.24) is 22.8 Å². The number of rotatable bonds is 7. The molecular formula is C15H18F3N5O4S2. The third-order valence-electron chi connectivity index (χ3n) is 4.24. The van der Waals surface area contributed by atoms with Gasteiger partial charge in [0.2, 0.25) is 0 Å². The monoisotopic (exact) mass is 453 g/mol. The molecule has 0 amide bonds. The van der Waals surface area contributed by atoms with E-state index in [1.165, 1.54) is 26.2 Å². The van der Waals surface area contributed by atoms with Crippen LogP contribution in [0, 0.1) is 0 Å². The van der Waals surface area contributed by atoms with E-state index in [-0.39, 0.29) is 12.1 Å². The molecule has 0 bridgehead atoms. The molecule has 0 radical (unpaired) electrons. The third-order valence-corrected chi connectivity index (χ3v) is 7.50. The van der Waals surface area contributed by atoms with Gasteiger partial charge in [-0.2, -0.15) is 30.2 Å². The van der Waals surface area contributed by atoms with Crippen molar-refractivity contribution in [3.8, 4) is 0 Å². The maximum atomic E-state index is 13.0. The summed E-state index contributed by atoms with van der Waals surface area (Å²) in [7, 11) is -5.89. The van der Waals surface area contributed by atoms with Crippen LogP contribution < -0.4 is 0 Å². The molecule has 0 N–H and O–H groups in total. The zero-order valence-electron chi connectivity index (χ0n) is 15.4. The maximum Gasteiger partial charge on any atom is 0.416 e. The van der Waals surface area contributed by atoms with E-state index in [1.807, 2.05) is 0 Å². The smallest absolute Gasteiger partial charge is 0.203 e. The lowest BCUT2D eigenvalue weighted by Crippen LogP contribution is -2.34. The largest absolute Gasteiger partial charge is 0.416 e. The predicted molar refractivity (Wildman–Crippen MR) is 95.2 cm³/mol. The van der Waals surface area contributed by atoms with Gasteiger partial charge in [-0.1, -0.05) is 18.2 Å². The molecule has 160 valence electrons. The lowest BCUT2D eigenvalue weighted by molar-refractivity contribution is -0.137. The second kappa shape index (κ2) is 7.34. The molecule has 1 aromatic carbocycles. The average molecular weight is 453 g/mol. The Morgan fingerprint density at radius 3 is 2.38 bits per heavy atom. The van der Waals surface area contributed by atoms with Crippen molar-refractivity contribution >= 4 is 20.2 Å². The standard InChI is InChI=1S/C15H18F3N5O4S2/c1-21(2)29(26,27)23-10-19-14(20-23)28(24,25)22(13-6-7-13)9-11-4-3-5-12(8-11)15(16,17)18/h3-5,8,10,13H,6-7,9H2,1-2H3. The summed E-state index contributed by atoms with van der Waals surface area (Å²) >= 11 is 0. The Hall–Kier alpha value is -2.03. The first kappa shape index (κ1) is 21.7. The molecule has 1 fully saturated rings. The van der Waals surface area contributed by atoms with Crippen molar-refractivity contribution in [1.29, 1.82) is 0 Å². The van der Waals surface area contributed by atoms with Gasteiger partial charge < -0.3 is 0 Å². The number of benzene rings is 1. The Balaban J connectivity index is 1.93. The summed E-state index contributed by atoms with van der Waals surface area (Å²) in [4.78, 5) is 3.60. The molecule has 1 aromatic heterocycles. The number of nitrogens with zero attached hydrogens (tertiary/aromatic N) is 5. The van der Waals surface area contributed by atoms with Crippen LogP contribution in [0.1, 0.15) is 24.0 Å². The lowest BCUT2D eigenvalue weighted by atomic mass is 10.1. The fourth-order valence-corrected chi connectivity index (χ4v) is 4.77. The number of sulfonamides is 1. The normalized spacial score (nSPS) is 16.0. The van der Waals surface area contributed by atoms with Gasteiger partial charge >= 0.3 is 16.4 Å². The van der Waals surface area contributed by atoms with Crippen LogP contribution in [0.3, 0.4) is 0 Å². The predicted octanol–water partition coefficient (Wildman–Crippen LogP) is 1.30. The topological polar surface area (TPSA) is 105 Å². The SMILES string of the molecule is CN(C)S(=O)(=O)n1cnc(S(=O)(=O)N(Cc2cccc(C(F)(F)F)c2)C2CC2)n1. The number of alkyl halides is 3. The molecular weight excluding hydrogens is 435 g/mol. The Morgan fingerprint density at radius 2 is 1.83 bits per heavy atom. The van der Waals surface area contributed by atoms with Gasteiger partial charge in [-0.25, -0.2) is 13.4 Å². The minimum absolute atomic E-state index is 0.149. The van der Waals surface area contributed by atoms with E-state index in [0.29, 0.717) is 16.9 Å². The Labute approximate surface area is 166 Å². The molecule has 2 aromatic rings. The molecule has 0 unspecified atom stereocenters. The van der Waals surface area contributed by atoms with Crippen LogP contribution in [0.4, 0.5) is 13.2 Å². The van der Waals surface area contributed by atoms with Gasteiger partial charge in [0.1, 0.15) is 6.33 Å². The third kappa shape index (κ3) is 4.44. The van der Waals surface area contributed by atoms with E-state index in [2.05, 4.69) is 10.1 Å². The molecule has 14 heteroatoms. The Morgan fingerprint density at radius 1 is 1.17 bits per heavy atom. The first-order valence-corrected chi connectivity index (χ1v) is 11.2. The highest BCUT2D eigenvalue weighted by Crippen LogP contribution is 2.34. The molecule has 9 nitrogen and oxygen atoms in total. The summed E-state index contributed by atoms with van der Waals surface area (Å²) in [6.45, 7) is -0.314. The first-order valence-electron chi connectivity index (χ1n) is 8.36. The average Bonchev–Trinajstić information content (AvgIpc) is 3.32. The minimum atomic E-state index is -4.56. The van der Waals surface area contributed by atoms with Gasteiger partial charge in [0.05, 0.1) is 5.56 Å². The maximum absolute atomic E-state index is 13.0. The molecule has 1 aliphatic rings. The zero-order chi connectivity index (χ0) is 21.6. The highest BCUT2D eigenvalue weighted by atomic mass is 32.2. The molecule has 1 aliphatic carbocycles. The van der Waals surface area contributed by atoms with Crippen LogP contribution in [-0.2, 0) is 33.0 Å². The summed E-state index contributed by atoms with van der Waals surface area (Å²) < 4.78 is 91.2. The number of hydrogen-bond acceptors (Lipinski definition) is 6. The first-order chi connectivity index (χ1) is 13.3. The van der Waals surface area contributed by atoms with Gasteiger partial charge in [-0.15, -0.1) is 9.19 Å². The van der Waals surface area contributed by atoms with Crippen LogP contribution in [-0.4, -0.2) is 59.8 Å². The fraction of sp³-hybridized carbons (Fsp3) is 0.467. The second-order valence-corrected chi connectivity index (χ2v) is 10.5. The van der Waals surface area contributed by atoms with Crippen LogP contribution in [0.25, 0.3) is 0 Å². The van der Waals surface area contributed by atoms with E-state index in [4.69, 9.17) is 0 Å². The highest BCUT2D eigenvalue weighted by molar-refractivity contribution is 7.89. The van der Waals surface area contributed by atoms with Gasteiger partial charge in [0, 0.05) is 26.7 Å². The number of aromatic nitrogens is 3. The molecule has 29 heavy (non-hydrogen) atoms. The van der Waals surface area contributed by atoms with Crippen molar-refractivity contribution < 1.29 is 30.0 Å². The van der Waals surface area contributed by atoms with Gasteiger partial charge in [0.25, 0.3) is 15.2 Å². The van der Waals surface area contributed by atoms with Crippen molar-refractivity contribution in [2.75, 3.05) is 14.1 Å². The van der Waals surface area contributed by atoms with E-state index in [0.717, 1.165) is 27.1 Å². The van der Waals surface area contributed by atoms with E-state index >= 15 is 0 Å². The summed E-state index contributed by atoms with van der Waals surface area (Å²) in [5.41, 5.74) is -0.738. The van der Waals surface area contributed by atoms with Gasteiger partial charge in [-0.05, 0) is 24.5 Å². The summed E-state index contributed by atoms with van der Waals surface area (Å²) in [6, 6.07) is 3.96. The van der Waals surface area contributed by atoms with E-state index in [9.17, 15) is 30.0 Å². The molecule has 1 saturated carbocycles. The zero-order valence-corrected chi connectivity index (χ0v) is 17.0. The Kier molecular flexibility index (Phi) is 5.49. The summed E-state index contributed by atoms with van der Waals surface area (Å²) in [5, 5.41) is 2.84. The van der Waals surface area contributed by atoms with Crippen molar-refractivity contribution in [2.45, 2.75) is 36.8 Å². The molecule has 1 heterocycles. The Bertz CT molecular complexity index is 1110. The summed E-state index contributed by atoms with van der Waals surface area (Å²) in [6.07, 6.45) is -2.72. The van der Waals surface area contributed by atoms with E-state index in [1.54, 1.807) is 0 Å². The highest BCUT2D eigenvalue weighted by Gasteiger charge is 2.41. The second-order valence-electron chi connectivity index (χ2n) is 6.67. The minimum Gasteiger partial charge on any atom is -0.203 e. The van der Waals surface area contributed by atoms with Crippen molar-refractivity contribution in [3.05, 3.63) is 41.7 Å². The molecule has 0 atom stereocenters. The van der Waals surface area contributed by atoms with Crippen LogP contribution in [0.15, 0.2) is 35.7 Å². The number of halogens is 3. The number of hydrogen-bond donors (Lipinski definition) is 0. The molecule has 3 rings (SSSR count).